The van der Waals surface area contributed by atoms with Crippen molar-refractivity contribution in [3.8, 4) is 28.7 Å². The van der Waals surface area contributed by atoms with E-state index in [2.05, 4.69) is 25.5 Å². The number of benzene rings is 3. The molecule has 0 radical (unpaired) electrons. The average Bonchev–Trinajstić information content (AvgIpc) is 3.75. The maximum Gasteiger partial charge on any atom is 0.435 e. The molecular formula is C34H32F4N6O4. The maximum atomic E-state index is 15.3. The second-order valence-electron chi connectivity index (χ2n) is 11.3. The number of methoxy groups -OCH3 is 1. The summed E-state index contributed by atoms with van der Waals surface area (Å²) in [5, 5.41) is 9.87. The molecular weight excluding hydrogens is 632 g/mol. The Balaban J connectivity index is 1.17. The van der Waals surface area contributed by atoms with Crippen molar-refractivity contribution in [3.63, 3.8) is 0 Å². The normalized spacial score (nSPS) is 13.5. The molecule has 0 atom stereocenters. The largest absolute Gasteiger partial charge is 0.493 e. The van der Waals surface area contributed by atoms with Crippen LogP contribution in [0.15, 0.2) is 66.9 Å². The van der Waals surface area contributed by atoms with Crippen LogP contribution in [0.5, 0.6) is 23.0 Å². The van der Waals surface area contributed by atoms with Crippen LogP contribution in [0.1, 0.15) is 41.0 Å². The molecule has 0 unspecified atom stereocenters. The van der Waals surface area contributed by atoms with Gasteiger partial charge in [-0.2, -0.15) is 13.2 Å². The summed E-state index contributed by atoms with van der Waals surface area (Å²) in [5.41, 5.74) is -1.00. The Morgan fingerprint density at radius 1 is 0.958 bits per heavy atom. The lowest BCUT2D eigenvalue weighted by Crippen LogP contribution is -2.21. The lowest BCUT2D eigenvalue weighted by Gasteiger charge is -2.16. The minimum Gasteiger partial charge on any atom is -0.493 e. The number of nitrogens with one attached hydrogen (secondary N) is 1. The van der Waals surface area contributed by atoms with E-state index in [-0.39, 0.29) is 22.9 Å². The molecule has 10 nitrogen and oxygen atoms in total. The van der Waals surface area contributed by atoms with Crippen LogP contribution < -0.4 is 19.5 Å². The quantitative estimate of drug-likeness (QED) is 0.117. The molecule has 1 amide bonds. The number of hydrogen-bond acceptors (Lipinski definition) is 8. The fraction of sp³-hybridized carbons (Fsp3) is 0.294. The number of nitrogens with zero attached hydrogens (tertiary/aromatic N) is 5. The number of aromatic nitrogens is 4. The SMILES string of the molecule is COc1cc2c(Oc3ccc(NC(=O)c4nnn(-c5ccc(C)cc5)c4C(F)(F)F)cc3F)ccnc2cc1OCCCN1CCCC1. The van der Waals surface area contributed by atoms with Crippen molar-refractivity contribution in [1.29, 1.82) is 0 Å². The lowest BCUT2D eigenvalue weighted by molar-refractivity contribution is -0.143. The standard InChI is InChI=1S/C34H32F4N6O4/c1-21-6-9-23(10-7-21)44-32(34(36,37)38)31(41-42-44)33(45)40-22-8-11-28(25(35)18-22)48-27-12-13-39-26-20-30(29(46-2)19-24(26)27)47-17-5-16-43-14-3-4-15-43/h6-13,18-20H,3-5,14-17H2,1-2H3,(H,40,45). The number of halogens is 4. The third-order valence-electron chi connectivity index (χ3n) is 7.90. The minimum absolute atomic E-state index is 0.0740. The van der Waals surface area contributed by atoms with E-state index in [0.717, 1.165) is 37.7 Å². The number of anilines is 1. The first kappa shape index (κ1) is 32.7. The molecule has 0 spiro atoms. The predicted octanol–water partition coefficient (Wildman–Crippen LogP) is 7.20. The van der Waals surface area contributed by atoms with Gasteiger partial charge >= 0.3 is 6.18 Å². The first-order valence-corrected chi connectivity index (χ1v) is 15.3. The molecule has 2 aromatic heterocycles. The number of fused-ring (bicyclic) bond motifs is 1. The smallest absolute Gasteiger partial charge is 0.435 e. The molecule has 3 aromatic carbocycles. The van der Waals surface area contributed by atoms with Gasteiger partial charge in [-0.3, -0.25) is 9.78 Å². The first-order chi connectivity index (χ1) is 23.1. The van der Waals surface area contributed by atoms with Gasteiger partial charge < -0.3 is 24.4 Å². The van der Waals surface area contributed by atoms with Gasteiger partial charge in [-0.25, -0.2) is 9.07 Å². The number of likely N-dealkylation sites (tertiary alicyclic amines) is 1. The third kappa shape index (κ3) is 7.18. The first-order valence-electron chi connectivity index (χ1n) is 15.3. The van der Waals surface area contributed by atoms with Gasteiger partial charge in [-0.15, -0.1) is 5.10 Å². The molecule has 1 aliphatic rings. The summed E-state index contributed by atoms with van der Waals surface area (Å²) < 4.78 is 75.4. The van der Waals surface area contributed by atoms with Crippen molar-refractivity contribution < 1.29 is 36.6 Å². The fourth-order valence-corrected chi connectivity index (χ4v) is 5.49. The summed E-state index contributed by atoms with van der Waals surface area (Å²) >= 11 is 0. The second-order valence-corrected chi connectivity index (χ2v) is 11.3. The van der Waals surface area contributed by atoms with E-state index in [0.29, 0.717) is 33.7 Å². The fourth-order valence-electron chi connectivity index (χ4n) is 5.49. The molecule has 1 aliphatic heterocycles. The molecule has 3 heterocycles. The number of hydrogen-bond donors (Lipinski definition) is 1. The number of ether oxygens (including phenoxy) is 3. The van der Waals surface area contributed by atoms with E-state index in [1.165, 1.54) is 50.4 Å². The highest BCUT2D eigenvalue weighted by Gasteiger charge is 2.42. The van der Waals surface area contributed by atoms with E-state index in [1.54, 1.807) is 37.3 Å². The van der Waals surface area contributed by atoms with Gasteiger partial charge in [0.15, 0.2) is 34.5 Å². The summed E-state index contributed by atoms with van der Waals surface area (Å²) in [5.74, 6) is -1.02. The summed E-state index contributed by atoms with van der Waals surface area (Å²) in [6.07, 6.45) is -0.126. The van der Waals surface area contributed by atoms with Gasteiger partial charge in [0.1, 0.15) is 5.75 Å². The minimum atomic E-state index is -4.96. The topological polar surface area (TPSA) is 104 Å². The average molecular weight is 665 g/mol. The highest BCUT2D eigenvalue weighted by atomic mass is 19.4. The van der Waals surface area contributed by atoms with Crippen LogP contribution in [0.25, 0.3) is 16.6 Å². The Hall–Kier alpha value is -5.24. The van der Waals surface area contributed by atoms with E-state index in [9.17, 15) is 18.0 Å². The van der Waals surface area contributed by atoms with Gasteiger partial charge in [0, 0.05) is 35.9 Å². The maximum absolute atomic E-state index is 15.3. The highest BCUT2D eigenvalue weighted by Crippen LogP contribution is 2.38. The van der Waals surface area contributed by atoms with E-state index in [1.807, 2.05) is 0 Å². The second kappa shape index (κ2) is 13.9. The van der Waals surface area contributed by atoms with E-state index in [4.69, 9.17) is 14.2 Å². The highest BCUT2D eigenvalue weighted by molar-refractivity contribution is 6.03. The van der Waals surface area contributed by atoms with Gasteiger partial charge in [0.2, 0.25) is 0 Å². The summed E-state index contributed by atoms with van der Waals surface area (Å²) in [6.45, 7) is 5.48. The van der Waals surface area contributed by atoms with Crippen LogP contribution in [0.3, 0.4) is 0 Å². The number of pyridine rings is 1. The van der Waals surface area contributed by atoms with Crippen molar-refractivity contribution in [3.05, 3.63) is 89.6 Å². The summed E-state index contributed by atoms with van der Waals surface area (Å²) in [4.78, 5) is 19.7. The Kier molecular flexibility index (Phi) is 9.44. The molecule has 250 valence electrons. The van der Waals surface area contributed by atoms with Crippen LogP contribution in [-0.4, -0.2) is 64.1 Å². The Morgan fingerprint density at radius 3 is 2.44 bits per heavy atom. The van der Waals surface area contributed by atoms with Gasteiger partial charge in [0.25, 0.3) is 5.91 Å². The number of amides is 1. The molecule has 5 aromatic rings. The van der Waals surface area contributed by atoms with Gasteiger partial charge in [-0.05, 0) is 75.7 Å². The number of carbonyl (C=O) groups is 1. The van der Waals surface area contributed by atoms with Crippen molar-refractivity contribution in [2.24, 2.45) is 0 Å². The molecule has 14 heteroatoms. The van der Waals surface area contributed by atoms with Gasteiger partial charge in [-0.1, -0.05) is 22.9 Å². The molecule has 48 heavy (non-hydrogen) atoms. The summed E-state index contributed by atoms with van der Waals surface area (Å²) in [6, 6.07) is 14.6. The third-order valence-corrected chi connectivity index (χ3v) is 7.90. The molecule has 6 rings (SSSR count). The Morgan fingerprint density at radius 2 is 1.73 bits per heavy atom. The predicted molar refractivity (Wildman–Crippen MR) is 170 cm³/mol. The summed E-state index contributed by atoms with van der Waals surface area (Å²) in [7, 11) is 1.52. The zero-order valence-electron chi connectivity index (χ0n) is 26.2. The molecule has 0 saturated carbocycles. The Bertz CT molecular complexity index is 1920. The number of aryl methyl sites for hydroxylation is 1. The van der Waals surface area contributed by atoms with Crippen LogP contribution >= 0.6 is 0 Å². The molecule has 1 N–H and O–H groups in total. The van der Waals surface area contributed by atoms with Crippen LogP contribution in [-0.2, 0) is 6.18 Å². The van der Waals surface area contributed by atoms with Crippen molar-refractivity contribution in [1.82, 2.24) is 24.9 Å². The van der Waals surface area contributed by atoms with Crippen LogP contribution in [0.2, 0.25) is 0 Å². The lowest BCUT2D eigenvalue weighted by atomic mass is 10.1. The molecule has 1 saturated heterocycles. The molecule has 0 aliphatic carbocycles. The zero-order valence-corrected chi connectivity index (χ0v) is 26.2. The number of alkyl halides is 3. The number of carbonyl (C=O) groups excluding carboxylic acids is 1. The monoisotopic (exact) mass is 664 g/mol. The Labute approximate surface area is 273 Å². The van der Waals surface area contributed by atoms with Crippen molar-refractivity contribution in [2.45, 2.75) is 32.4 Å². The molecule has 0 bridgehead atoms. The van der Waals surface area contributed by atoms with Crippen LogP contribution in [0.4, 0.5) is 23.2 Å². The van der Waals surface area contributed by atoms with Crippen LogP contribution in [0, 0.1) is 12.7 Å². The molecule has 1 fully saturated rings. The van der Waals surface area contributed by atoms with Crippen molar-refractivity contribution in [2.75, 3.05) is 38.7 Å². The number of rotatable bonds is 11. The van der Waals surface area contributed by atoms with E-state index < -0.39 is 29.3 Å². The van der Waals surface area contributed by atoms with Crippen molar-refractivity contribution >= 4 is 22.5 Å². The zero-order chi connectivity index (χ0) is 33.8. The van der Waals surface area contributed by atoms with E-state index >= 15 is 4.39 Å². The van der Waals surface area contributed by atoms with Gasteiger partial charge in [0.05, 0.1) is 24.9 Å².